The molecule has 0 aromatic heterocycles. The van der Waals surface area contributed by atoms with Gasteiger partial charge in [-0.05, 0) is 44.2 Å². The Labute approximate surface area is 174 Å². The molecule has 0 aliphatic carbocycles. The molecule has 0 N–H and O–H groups in total. The number of carbonyl (C=O) groups is 2. The van der Waals surface area contributed by atoms with Crippen LogP contribution in [0, 0.1) is 11.6 Å². The second-order valence-electron chi connectivity index (χ2n) is 7.31. The lowest BCUT2D eigenvalue weighted by molar-refractivity contribution is 0.0249. The number of nitrogens with zero attached hydrogens (tertiary/aromatic N) is 2. The highest BCUT2D eigenvalue weighted by Gasteiger charge is 2.36. The quantitative estimate of drug-likeness (QED) is 0.764. The molecule has 3 rings (SSSR count). The SMILES string of the molecule is COc1ccc(C(=O)N2[C@H](C)CN(C(=O)c3cc(OC)ccc3F)C[C@H]2C)c(F)c1. The van der Waals surface area contributed by atoms with Crippen LogP contribution >= 0.6 is 0 Å². The maximum atomic E-state index is 14.4. The van der Waals surface area contributed by atoms with Crippen LogP contribution in [0.15, 0.2) is 36.4 Å². The molecule has 0 bridgehead atoms. The first-order valence-corrected chi connectivity index (χ1v) is 9.55. The summed E-state index contributed by atoms with van der Waals surface area (Å²) in [6, 6.07) is 7.28. The Morgan fingerprint density at radius 1 is 0.833 bits per heavy atom. The highest BCUT2D eigenvalue weighted by molar-refractivity contribution is 5.97. The zero-order valence-electron chi connectivity index (χ0n) is 17.3. The van der Waals surface area contributed by atoms with Gasteiger partial charge >= 0.3 is 0 Å². The van der Waals surface area contributed by atoms with Gasteiger partial charge in [0.1, 0.15) is 23.1 Å². The lowest BCUT2D eigenvalue weighted by Crippen LogP contribution is -2.60. The molecule has 2 aromatic rings. The molecule has 160 valence electrons. The standard InChI is InChI=1S/C22H24F2N2O4/c1-13-11-25(21(27)18-9-15(29-3)6-8-19(18)23)12-14(2)26(13)22(28)17-7-5-16(30-4)10-20(17)24/h5-10,13-14H,11-12H2,1-4H3/t13-,14-/m1/s1. The van der Waals surface area contributed by atoms with Gasteiger partial charge in [0, 0.05) is 31.2 Å². The van der Waals surface area contributed by atoms with Crippen LogP contribution in [0.4, 0.5) is 8.78 Å². The smallest absolute Gasteiger partial charge is 0.257 e. The maximum absolute atomic E-state index is 14.4. The Balaban J connectivity index is 1.80. The molecule has 2 aromatic carbocycles. The molecule has 0 radical (unpaired) electrons. The monoisotopic (exact) mass is 418 g/mol. The van der Waals surface area contributed by atoms with Crippen molar-refractivity contribution in [2.75, 3.05) is 27.3 Å². The van der Waals surface area contributed by atoms with Gasteiger partial charge in [0.05, 0.1) is 25.3 Å². The second kappa shape index (κ2) is 8.69. The van der Waals surface area contributed by atoms with Crippen molar-refractivity contribution >= 4 is 11.8 Å². The summed E-state index contributed by atoms with van der Waals surface area (Å²) in [6.45, 7) is 3.95. The number of carbonyl (C=O) groups excluding carboxylic acids is 2. The lowest BCUT2D eigenvalue weighted by atomic mass is 10.0. The number of benzene rings is 2. The van der Waals surface area contributed by atoms with E-state index in [1.165, 1.54) is 49.5 Å². The van der Waals surface area contributed by atoms with Crippen LogP contribution in [-0.2, 0) is 0 Å². The van der Waals surface area contributed by atoms with Crippen molar-refractivity contribution in [1.29, 1.82) is 0 Å². The molecule has 1 heterocycles. The molecule has 30 heavy (non-hydrogen) atoms. The van der Waals surface area contributed by atoms with Gasteiger partial charge in [-0.25, -0.2) is 8.78 Å². The third kappa shape index (κ3) is 4.08. The van der Waals surface area contributed by atoms with Crippen molar-refractivity contribution in [2.45, 2.75) is 25.9 Å². The number of methoxy groups -OCH3 is 2. The summed E-state index contributed by atoms with van der Waals surface area (Å²) < 4.78 is 38.7. The minimum absolute atomic E-state index is 0.0619. The van der Waals surface area contributed by atoms with Crippen molar-refractivity contribution in [3.8, 4) is 11.5 Å². The number of ether oxygens (including phenoxy) is 2. The molecule has 2 atom stereocenters. The number of rotatable bonds is 4. The van der Waals surface area contributed by atoms with E-state index in [1.54, 1.807) is 18.7 Å². The van der Waals surface area contributed by atoms with Gasteiger partial charge < -0.3 is 19.3 Å². The van der Waals surface area contributed by atoms with Crippen molar-refractivity contribution in [3.05, 3.63) is 59.2 Å². The summed E-state index contributed by atoms with van der Waals surface area (Å²) in [5.41, 5.74) is -0.150. The van der Waals surface area contributed by atoms with Gasteiger partial charge in [0.2, 0.25) is 0 Å². The molecule has 0 saturated carbocycles. The fraction of sp³-hybridized carbons (Fsp3) is 0.364. The van der Waals surface area contributed by atoms with Gasteiger partial charge in [-0.1, -0.05) is 0 Å². The van der Waals surface area contributed by atoms with Crippen LogP contribution in [0.1, 0.15) is 34.6 Å². The molecular weight excluding hydrogens is 394 g/mol. The van der Waals surface area contributed by atoms with E-state index in [1.807, 2.05) is 0 Å². The molecule has 1 aliphatic heterocycles. The number of amides is 2. The predicted molar refractivity (Wildman–Crippen MR) is 107 cm³/mol. The Bertz CT molecular complexity index is 954. The Morgan fingerprint density at radius 2 is 1.40 bits per heavy atom. The Kier molecular flexibility index (Phi) is 6.24. The average molecular weight is 418 g/mol. The first kappa shape index (κ1) is 21.5. The predicted octanol–water partition coefficient (Wildman–Crippen LogP) is 3.36. The van der Waals surface area contributed by atoms with Crippen molar-refractivity contribution in [1.82, 2.24) is 9.80 Å². The second-order valence-corrected chi connectivity index (χ2v) is 7.31. The third-order valence-corrected chi connectivity index (χ3v) is 5.25. The minimum atomic E-state index is -0.671. The van der Waals surface area contributed by atoms with Gasteiger partial charge in [-0.2, -0.15) is 0 Å². The van der Waals surface area contributed by atoms with Crippen molar-refractivity contribution < 1.29 is 27.8 Å². The molecule has 1 saturated heterocycles. The number of hydrogen-bond acceptors (Lipinski definition) is 4. The van der Waals surface area contributed by atoms with E-state index in [4.69, 9.17) is 9.47 Å². The zero-order chi connectivity index (χ0) is 22.0. The van der Waals surface area contributed by atoms with Crippen LogP contribution in [0.3, 0.4) is 0 Å². The van der Waals surface area contributed by atoms with Crippen LogP contribution in [0.5, 0.6) is 11.5 Å². The zero-order valence-corrected chi connectivity index (χ0v) is 17.3. The lowest BCUT2D eigenvalue weighted by Gasteiger charge is -2.44. The molecule has 8 heteroatoms. The van der Waals surface area contributed by atoms with Gasteiger partial charge in [0.25, 0.3) is 11.8 Å². The summed E-state index contributed by atoms with van der Waals surface area (Å²) in [5, 5.41) is 0. The first-order chi connectivity index (χ1) is 14.3. The molecular formula is C22H24F2N2O4. The molecule has 0 unspecified atom stereocenters. The summed E-state index contributed by atoms with van der Waals surface area (Å²) in [5.74, 6) is -1.55. The van der Waals surface area contributed by atoms with E-state index in [0.717, 1.165) is 6.07 Å². The number of halogens is 2. The van der Waals surface area contributed by atoms with Crippen molar-refractivity contribution in [3.63, 3.8) is 0 Å². The van der Waals surface area contributed by atoms with E-state index < -0.39 is 23.4 Å². The van der Waals surface area contributed by atoms with Gasteiger partial charge in [0.15, 0.2) is 0 Å². The van der Waals surface area contributed by atoms with Crippen LogP contribution in [0.25, 0.3) is 0 Å². The Hall–Kier alpha value is -3.16. The maximum Gasteiger partial charge on any atom is 0.257 e. The molecule has 6 nitrogen and oxygen atoms in total. The van der Waals surface area contributed by atoms with E-state index in [-0.39, 0.29) is 36.3 Å². The van der Waals surface area contributed by atoms with E-state index in [9.17, 15) is 18.4 Å². The van der Waals surface area contributed by atoms with Crippen LogP contribution < -0.4 is 9.47 Å². The molecule has 2 amide bonds. The minimum Gasteiger partial charge on any atom is -0.497 e. The van der Waals surface area contributed by atoms with E-state index >= 15 is 0 Å². The number of hydrogen-bond donors (Lipinski definition) is 0. The van der Waals surface area contributed by atoms with Crippen molar-refractivity contribution in [2.24, 2.45) is 0 Å². The normalized spacial score (nSPS) is 18.9. The molecule has 1 fully saturated rings. The molecule has 1 aliphatic rings. The van der Waals surface area contributed by atoms with Crippen LogP contribution in [0.2, 0.25) is 0 Å². The highest BCUT2D eigenvalue weighted by Crippen LogP contribution is 2.25. The van der Waals surface area contributed by atoms with Gasteiger partial charge in [-0.15, -0.1) is 0 Å². The van der Waals surface area contributed by atoms with Crippen LogP contribution in [-0.4, -0.2) is 61.0 Å². The fourth-order valence-corrected chi connectivity index (χ4v) is 3.79. The highest BCUT2D eigenvalue weighted by atomic mass is 19.1. The van der Waals surface area contributed by atoms with E-state index in [2.05, 4.69) is 0 Å². The summed E-state index contributed by atoms with van der Waals surface area (Å²) in [6.07, 6.45) is 0. The summed E-state index contributed by atoms with van der Waals surface area (Å²) in [7, 11) is 2.86. The topological polar surface area (TPSA) is 59.1 Å². The Morgan fingerprint density at radius 3 is 1.97 bits per heavy atom. The summed E-state index contributed by atoms with van der Waals surface area (Å²) >= 11 is 0. The van der Waals surface area contributed by atoms with E-state index in [0.29, 0.717) is 11.5 Å². The molecule has 0 spiro atoms. The average Bonchev–Trinajstić information content (AvgIpc) is 2.72. The van der Waals surface area contributed by atoms with Gasteiger partial charge in [-0.3, -0.25) is 9.59 Å². The third-order valence-electron chi connectivity index (χ3n) is 5.25. The number of piperazine rings is 1. The largest absolute Gasteiger partial charge is 0.497 e. The first-order valence-electron chi connectivity index (χ1n) is 9.55. The fourth-order valence-electron chi connectivity index (χ4n) is 3.79. The summed E-state index contributed by atoms with van der Waals surface area (Å²) in [4.78, 5) is 28.9.